The molecule has 1 N–H and O–H groups in total. The third kappa shape index (κ3) is 4.19. The minimum absolute atomic E-state index is 0.0309. The molecular weight excluding hydrogens is 304 g/mol. The third-order valence-corrected chi connectivity index (χ3v) is 3.89. The fourth-order valence-corrected chi connectivity index (χ4v) is 2.69. The molecule has 1 aliphatic heterocycles. The second-order valence-corrected chi connectivity index (χ2v) is 5.76. The number of ether oxygens (including phenoxy) is 2. The van der Waals surface area contributed by atoms with Gasteiger partial charge in [0.15, 0.2) is 6.61 Å². The Balaban J connectivity index is 1.43. The Morgan fingerprint density at radius 1 is 1.25 bits per heavy atom. The number of amides is 1. The molecule has 0 fully saturated rings. The molecule has 0 radical (unpaired) electrons. The molecule has 5 nitrogen and oxygen atoms in total. The standard InChI is InChI=1S/C19H22N2O3/c1-15-5-4-6-16(13-15)24-14-19(22)20-9-10-21-11-12-23-18-8-3-2-7-17(18)21/h2-8,13H,9-12,14H2,1H3,(H,20,22). The van der Waals surface area contributed by atoms with Crippen LogP contribution in [0, 0.1) is 6.92 Å². The molecule has 0 saturated carbocycles. The fraction of sp³-hybridized carbons (Fsp3) is 0.316. The molecule has 0 aromatic heterocycles. The number of benzene rings is 2. The lowest BCUT2D eigenvalue weighted by Gasteiger charge is -2.31. The lowest BCUT2D eigenvalue weighted by atomic mass is 10.2. The quantitative estimate of drug-likeness (QED) is 0.885. The topological polar surface area (TPSA) is 50.8 Å². The van der Waals surface area contributed by atoms with Crippen LogP contribution in [-0.2, 0) is 4.79 Å². The molecule has 1 aliphatic rings. The van der Waals surface area contributed by atoms with Gasteiger partial charge in [-0.2, -0.15) is 0 Å². The molecular formula is C19H22N2O3. The van der Waals surface area contributed by atoms with Gasteiger partial charge in [0.05, 0.1) is 12.2 Å². The monoisotopic (exact) mass is 326 g/mol. The summed E-state index contributed by atoms with van der Waals surface area (Å²) in [5, 5.41) is 2.90. The summed E-state index contributed by atoms with van der Waals surface area (Å²) >= 11 is 0. The van der Waals surface area contributed by atoms with Crippen molar-refractivity contribution in [2.45, 2.75) is 6.92 Å². The first-order chi connectivity index (χ1) is 11.7. The zero-order valence-corrected chi connectivity index (χ0v) is 13.8. The number of para-hydroxylation sites is 2. The van der Waals surface area contributed by atoms with Gasteiger partial charge in [-0.1, -0.05) is 24.3 Å². The zero-order chi connectivity index (χ0) is 16.8. The first kappa shape index (κ1) is 16.2. The Bertz CT molecular complexity index is 703. The number of aryl methyl sites for hydroxylation is 1. The van der Waals surface area contributed by atoms with Crippen molar-refractivity contribution in [3.63, 3.8) is 0 Å². The average molecular weight is 326 g/mol. The van der Waals surface area contributed by atoms with Crippen molar-refractivity contribution in [2.75, 3.05) is 37.7 Å². The molecule has 0 bridgehead atoms. The summed E-state index contributed by atoms with van der Waals surface area (Å²) in [6.45, 7) is 4.84. The Morgan fingerprint density at radius 2 is 2.12 bits per heavy atom. The van der Waals surface area contributed by atoms with Crippen LogP contribution in [-0.4, -0.2) is 38.8 Å². The number of carbonyl (C=O) groups excluding carboxylic acids is 1. The van der Waals surface area contributed by atoms with Crippen LogP contribution in [0.5, 0.6) is 11.5 Å². The van der Waals surface area contributed by atoms with Crippen LogP contribution < -0.4 is 19.7 Å². The van der Waals surface area contributed by atoms with Crippen molar-refractivity contribution >= 4 is 11.6 Å². The Hall–Kier alpha value is -2.69. The SMILES string of the molecule is Cc1cccc(OCC(=O)NCCN2CCOc3ccccc32)c1. The largest absolute Gasteiger partial charge is 0.490 e. The van der Waals surface area contributed by atoms with Crippen LogP contribution in [0.3, 0.4) is 0 Å². The van der Waals surface area contributed by atoms with Crippen LogP contribution in [0.2, 0.25) is 0 Å². The lowest BCUT2D eigenvalue weighted by molar-refractivity contribution is -0.123. The summed E-state index contributed by atoms with van der Waals surface area (Å²) in [5.41, 5.74) is 2.19. The van der Waals surface area contributed by atoms with E-state index < -0.39 is 0 Å². The molecule has 0 saturated heterocycles. The second kappa shape index (κ2) is 7.73. The molecule has 2 aromatic carbocycles. The van der Waals surface area contributed by atoms with Gasteiger partial charge in [0.2, 0.25) is 0 Å². The maximum Gasteiger partial charge on any atom is 0.258 e. The molecule has 126 valence electrons. The molecule has 0 spiro atoms. The predicted octanol–water partition coefficient (Wildman–Crippen LogP) is 2.39. The van der Waals surface area contributed by atoms with Crippen molar-refractivity contribution in [1.82, 2.24) is 5.32 Å². The molecule has 24 heavy (non-hydrogen) atoms. The van der Waals surface area contributed by atoms with Crippen LogP contribution in [0.15, 0.2) is 48.5 Å². The molecule has 0 atom stereocenters. The number of nitrogens with zero attached hydrogens (tertiary/aromatic N) is 1. The molecule has 0 aliphatic carbocycles. The van der Waals surface area contributed by atoms with E-state index in [1.165, 1.54) is 0 Å². The summed E-state index contributed by atoms with van der Waals surface area (Å²) in [7, 11) is 0. The van der Waals surface area contributed by atoms with Crippen LogP contribution in [0.25, 0.3) is 0 Å². The average Bonchev–Trinajstić information content (AvgIpc) is 2.60. The van der Waals surface area contributed by atoms with Crippen LogP contribution >= 0.6 is 0 Å². The Morgan fingerprint density at radius 3 is 3.00 bits per heavy atom. The van der Waals surface area contributed by atoms with Crippen LogP contribution in [0.4, 0.5) is 5.69 Å². The van der Waals surface area contributed by atoms with Crippen molar-refractivity contribution in [1.29, 1.82) is 0 Å². The maximum absolute atomic E-state index is 11.9. The number of hydrogen-bond donors (Lipinski definition) is 1. The summed E-state index contributed by atoms with van der Waals surface area (Å²) in [6, 6.07) is 15.6. The van der Waals surface area contributed by atoms with E-state index in [2.05, 4.69) is 10.2 Å². The van der Waals surface area contributed by atoms with Crippen molar-refractivity contribution in [3.05, 3.63) is 54.1 Å². The first-order valence-electron chi connectivity index (χ1n) is 8.15. The van der Waals surface area contributed by atoms with E-state index >= 15 is 0 Å². The van der Waals surface area contributed by atoms with Gasteiger partial charge in [0.25, 0.3) is 5.91 Å². The maximum atomic E-state index is 11.9. The van der Waals surface area contributed by atoms with Crippen LogP contribution in [0.1, 0.15) is 5.56 Å². The smallest absolute Gasteiger partial charge is 0.258 e. The first-order valence-corrected chi connectivity index (χ1v) is 8.15. The zero-order valence-electron chi connectivity index (χ0n) is 13.8. The summed E-state index contributed by atoms with van der Waals surface area (Å²) < 4.78 is 11.1. The van der Waals surface area contributed by atoms with Gasteiger partial charge < -0.3 is 19.7 Å². The predicted molar refractivity (Wildman–Crippen MR) is 93.8 cm³/mol. The number of carbonyl (C=O) groups is 1. The van der Waals surface area contributed by atoms with E-state index in [-0.39, 0.29) is 12.5 Å². The van der Waals surface area contributed by atoms with E-state index in [0.29, 0.717) is 18.9 Å². The molecule has 0 unspecified atom stereocenters. The van der Waals surface area contributed by atoms with Crippen molar-refractivity contribution < 1.29 is 14.3 Å². The van der Waals surface area contributed by atoms with Gasteiger partial charge in [-0.15, -0.1) is 0 Å². The molecule has 5 heteroatoms. The molecule has 3 rings (SSSR count). The van der Waals surface area contributed by atoms with E-state index in [0.717, 1.165) is 30.1 Å². The van der Waals surface area contributed by atoms with E-state index in [4.69, 9.17) is 9.47 Å². The van der Waals surface area contributed by atoms with Gasteiger partial charge in [0, 0.05) is 13.1 Å². The van der Waals surface area contributed by atoms with Gasteiger partial charge >= 0.3 is 0 Å². The number of rotatable bonds is 6. The highest BCUT2D eigenvalue weighted by Crippen LogP contribution is 2.30. The van der Waals surface area contributed by atoms with E-state index in [1.54, 1.807) is 0 Å². The highest BCUT2D eigenvalue weighted by molar-refractivity contribution is 5.77. The lowest BCUT2D eigenvalue weighted by Crippen LogP contribution is -2.40. The highest BCUT2D eigenvalue weighted by atomic mass is 16.5. The number of hydrogen-bond acceptors (Lipinski definition) is 4. The number of nitrogens with one attached hydrogen (secondary N) is 1. The highest BCUT2D eigenvalue weighted by Gasteiger charge is 2.16. The number of fused-ring (bicyclic) bond motifs is 1. The van der Waals surface area contributed by atoms with Gasteiger partial charge in [-0.3, -0.25) is 4.79 Å². The number of anilines is 1. The van der Waals surface area contributed by atoms with Gasteiger partial charge in [0.1, 0.15) is 18.1 Å². The molecule has 2 aromatic rings. The van der Waals surface area contributed by atoms with Crippen molar-refractivity contribution in [3.8, 4) is 11.5 Å². The second-order valence-electron chi connectivity index (χ2n) is 5.76. The minimum Gasteiger partial charge on any atom is -0.490 e. The fourth-order valence-electron chi connectivity index (χ4n) is 2.69. The summed E-state index contributed by atoms with van der Waals surface area (Å²) in [5.74, 6) is 1.50. The summed E-state index contributed by atoms with van der Waals surface area (Å²) in [6.07, 6.45) is 0. The van der Waals surface area contributed by atoms with Gasteiger partial charge in [-0.05, 0) is 36.8 Å². The molecule has 1 amide bonds. The van der Waals surface area contributed by atoms with E-state index in [1.807, 2.05) is 55.5 Å². The van der Waals surface area contributed by atoms with Gasteiger partial charge in [-0.25, -0.2) is 0 Å². The summed E-state index contributed by atoms with van der Waals surface area (Å²) in [4.78, 5) is 14.1. The normalized spacial score (nSPS) is 13.0. The third-order valence-electron chi connectivity index (χ3n) is 3.89. The Labute approximate surface area is 142 Å². The van der Waals surface area contributed by atoms with Crippen molar-refractivity contribution in [2.24, 2.45) is 0 Å². The Kier molecular flexibility index (Phi) is 5.21. The van der Waals surface area contributed by atoms with E-state index in [9.17, 15) is 4.79 Å². The molecule has 1 heterocycles. The minimum atomic E-state index is -0.113.